The largest absolute Gasteiger partial charge is 0.462 e. The second kappa shape index (κ2) is 64.6. The second-order valence-electron chi connectivity index (χ2n) is 22.4. The van der Waals surface area contributed by atoms with Crippen LogP contribution in [-0.4, -0.2) is 37.2 Å². The molecular weight excluding hydrogens is 937 g/mol. The lowest BCUT2D eigenvalue weighted by Gasteiger charge is -2.18. The van der Waals surface area contributed by atoms with Crippen LogP contribution in [0, 0.1) is 0 Å². The Labute approximate surface area is 472 Å². The number of hydrogen-bond donors (Lipinski definition) is 0. The summed E-state index contributed by atoms with van der Waals surface area (Å²) in [7, 11) is 0. The third-order valence-corrected chi connectivity index (χ3v) is 14.7. The summed E-state index contributed by atoms with van der Waals surface area (Å²) in [5.41, 5.74) is 0. The Kier molecular flexibility index (Phi) is 62.2. The zero-order chi connectivity index (χ0) is 55.0. The van der Waals surface area contributed by atoms with Crippen LogP contribution in [-0.2, 0) is 28.6 Å². The highest BCUT2D eigenvalue weighted by atomic mass is 16.6. The van der Waals surface area contributed by atoms with E-state index in [0.717, 1.165) is 77.0 Å². The highest BCUT2D eigenvalue weighted by molar-refractivity contribution is 5.71. The number of hydrogen-bond acceptors (Lipinski definition) is 6. The Morgan fingerprint density at radius 3 is 0.763 bits per heavy atom. The number of esters is 3. The Balaban J connectivity index is 4.27. The van der Waals surface area contributed by atoms with Gasteiger partial charge in [0.15, 0.2) is 6.10 Å². The monoisotopic (exact) mass is 1060 g/mol. The van der Waals surface area contributed by atoms with Crippen molar-refractivity contribution in [2.45, 2.75) is 354 Å². The zero-order valence-corrected chi connectivity index (χ0v) is 50.8. The number of carbonyl (C=O) groups is 3. The maximum Gasteiger partial charge on any atom is 0.306 e. The maximum absolute atomic E-state index is 12.9. The maximum atomic E-state index is 12.9. The van der Waals surface area contributed by atoms with E-state index in [-0.39, 0.29) is 31.1 Å². The first-order chi connectivity index (χ1) is 37.5. The summed E-state index contributed by atoms with van der Waals surface area (Å²) < 4.78 is 16.9. The molecule has 1 unspecified atom stereocenters. The molecule has 442 valence electrons. The van der Waals surface area contributed by atoms with Crippen molar-refractivity contribution in [3.05, 3.63) is 60.8 Å². The van der Waals surface area contributed by atoms with Crippen molar-refractivity contribution in [1.29, 1.82) is 0 Å². The smallest absolute Gasteiger partial charge is 0.306 e. The van der Waals surface area contributed by atoms with Crippen molar-refractivity contribution in [3.8, 4) is 0 Å². The highest BCUT2D eigenvalue weighted by Gasteiger charge is 2.19. The average Bonchev–Trinajstić information content (AvgIpc) is 3.42. The van der Waals surface area contributed by atoms with Crippen LogP contribution < -0.4 is 0 Å². The molecule has 0 saturated heterocycles. The third-order valence-electron chi connectivity index (χ3n) is 14.7. The van der Waals surface area contributed by atoms with Gasteiger partial charge in [0.25, 0.3) is 0 Å². The SMILES string of the molecule is CCCCCC/C=C\CCCCCCCC(=O)OCC(COC(=O)CCCCCCCCCCCCCC/C=C\C/C=C\C/C=C\CCCCCCC)OC(=O)CCCCCCCCC/C=C\CCCCCCCCC. The predicted octanol–water partition coefficient (Wildman–Crippen LogP) is 22.7. The van der Waals surface area contributed by atoms with Gasteiger partial charge >= 0.3 is 17.9 Å². The topological polar surface area (TPSA) is 78.9 Å². The highest BCUT2D eigenvalue weighted by Crippen LogP contribution is 2.17. The molecule has 0 heterocycles. The summed E-state index contributed by atoms with van der Waals surface area (Å²) in [6.07, 6.45) is 82.3. The summed E-state index contributed by atoms with van der Waals surface area (Å²) in [4.78, 5) is 38.3. The van der Waals surface area contributed by atoms with E-state index in [1.165, 1.54) is 231 Å². The molecule has 0 rings (SSSR count). The first-order valence-electron chi connectivity index (χ1n) is 33.3. The van der Waals surface area contributed by atoms with Gasteiger partial charge < -0.3 is 14.2 Å². The molecule has 0 aliphatic carbocycles. The molecule has 0 radical (unpaired) electrons. The van der Waals surface area contributed by atoms with Gasteiger partial charge in [-0.25, -0.2) is 0 Å². The van der Waals surface area contributed by atoms with Crippen LogP contribution in [0.25, 0.3) is 0 Å². The molecule has 0 N–H and O–H groups in total. The normalized spacial score (nSPS) is 12.4. The quantitative estimate of drug-likeness (QED) is 0.0261. The fourth-order valence-corrected chi connectivity index (χ4v) is 9.68. The second-order valence-corrected chi connectivity index (χ2v) is 22.4. The lowest BCUT2D eigenvalue weighted by atomic mass is 10.0. The summed E-state index contributed by atoms with van der Waals surface area (Å²) in [6.45, 7) is 6.64. The number of carbonyl (C=O) groups excluding carboxylic acids is 3. The molecule has 0 amide bonds. The van der Waals surface area contributed by atoms with Crippen LogP contribution in [0.2, 0.25) is 0 Å². The minimum atomic E-state index is -0.781. The van der Waals surface area contributed by atoms with Gasteiger partial charge in [-0.3, -0.25) is 14.4 Å². The van der Waals surface area contributed by atoms with Crippen LogP contribution >= 0.6 is 0 Å². The van der Waals surface area contributed by atoms with Crippen molar-refractivity contribution in [1.82, 2.24) is 0 Å². The Morgan fingerprint density at radius 1 is 0.263 bits per heavy atom. The molecule has 6 nitrogen and oxygen atoms in total. The molecule has 0 aliphatic heterocycles. The molecule has 0 saturated carbocycles. The van der Waals surface area contributed by atoms with Crippen LogP contribution in [0.5, 0.6) is 0 Å². The minimum absolute atomic E-state index is 0.0773. The molecule has 0 aromatic carbocycles. The fourth-order valence-electron chi connectivity index (χ4n) is 9.68. The van der Waals surface area contributed by atoms with Gasteiger partial charge in [0.2, 0.25) is 0 Å². The van der Waals surface area contributed by atoms with Crippen molar-refractivity contribution < 1.29 is 28.6 Å². The van der Waals surface area contributed by atoms with Crippen molar-refractivity contribution in [2.75, 3.05) is 13.2 Å². The van der Waals surface area contributed by atoms with Crippen LogP contribution in [0.3, 0.4) is 0 Å². The van der Waals surface area contributed by atoms with Gasteiger partial charge in [-0.15, -0.1) is 0 Å². The van der Waals surface area contributed by atoms with Crippen molar-refractivity contribution in [2.24, 2.45) is 0 Å². The molecule has 0 spiro atoms. The first-order valence-corrected chi connectivity index (χ1v) is 33.3. The van der Waals surface area contributed by atoms with E-state index in [2.05, 4.69) is 81.5 Å². The molecule has 0 aromatic rings. The van der Waals surface area contributed by atoms with Gasteiger partial charge in [-0.05, 0) is 109 Å². The molecule has 1 atom stereocenters. The zero-order valence-electron chi connectivity index (χ0n) is 50.8. The summed E-state index contributed by atoms with van der Waals surface area (Å²) in [6, 6.07) is 0. The van der Waals surface area contributed by atoms with E-state index in [9.17, 15) is 14.4 Å². The average molecular weight is 1060 g/mol. The molecule has 76 heavy (non-hydrogen) atoms. The summed E-state index contributed by atoms with van der Waals surface area (Å²) >= 11 is 0. The van der Waals surface area contributed by atoms with Crippen molar-refractivity contribution in [3.63, 3.8) is 0 Å². The third kappa shape index (κ3) is 62.0. The fraction of sp³-hybridized carbons (Fsp3) is 0.814. The van der Waals surface area contributed by atoms with E-state index in [1.54, 1.807) is 0 Å². The molecule has 0 fully saturated rings. The van der Waals surface area contributed by atoms with Gasteiger partial charge in [-0.1, -0.05) is 281 Å². The van der Waals surface area contributed by atoms with Gasteiger partial charge in [0.05, 0.1) is 0 Å². The predicted molar refractivity (Wildman–Crippen MR) is 330 cm³/mol. The Morgan fingerprint density at radius 2 is 0.474 bits per heavy atom. The summed E-state index contributed by atoms with van der Waals surface area (Å²) in [5.74, 6) is -0.875. The standard InChI is InChI=1S/C70H126O6/c1-4-7-10-13-16-19-22-25-27-29-31-32-33-34-35-36-37-38-39-41-42-45-48-51-54-57-60-63-69(72)75-66-67(65-74-68(71)62-59-56-53-50-47-44-24-21-18-15-12-9-6-3)76-70(73)64-61-58-55-52-49-46-43-40-30-28-26-23-20-17-14-11-8-5-2/h21-22,24-25,28-31,33-34,67H,4-20,23,26-27,32,35-66H2,1-3H3/b24-21-,25-22-,30-28-,31-29-,34-33-. The lowest BCUT2D eigenvalue weighted by molar-refractivity contribution is -0.167. The number of rotatable bonds is 61. The van der Waals surface area contributed by atoms with Crippen LogP contribution in [0.15, 0.2) is 60.8 Å². The summed E-state index contributed by atoms with van der Waals surface area (Å²) in [5, 5.41) is 0. The van der Waals surface area contributed by atoms with Crippen LogP contribution in [0.1, 0.15) is 348 Å². The van der Waals surface area contributed by atoms with E-state index in [4.69, 9.17) is 14.2 Å². The minimum Gasteiger partial charge on any atom is -0.462 e. The lowest BCUT2D eigenvalue weighted by Crippen LogP contribution is -2.30. The van der Waals surface area contributed by atoms with Gasteiger partial charge in [0.1, 0.15) is 13.2 Å². The molecular formula is C70H126O6. The molecule has 0 aliphatic rings. The Hall–Kier alpha value is -2.89. The molecule has 0 bridgehead atoms. The van der Waals surface area contributed by atoms with E-state index >= 15 is 0 Å². The molecule has 0 aromatic heterocycles. The van der Waals surface area contributed by atoms with E-state index in [1.807, 2.05) is 0 Å². The van der Waals surface area contributed by atoms with Crippen LogP contribution in [0.4, 0.5) is 0 Å². The van der Waals surface area contributed by atoms with Gasteiger partial charge in [0, 0.05) is 19.3 Å². The van der Waals surface area contributed by atoms with E-state index < -0.39 is 6.10 Å². The first kappa shape index (κ1) is 73.1. The van der Waals surface area contributed by atoms with E-state index in [0.29, 0.717) is 19.3 Å². The molecule has 6 heteroatoms. The number of unbranched alkanes of at least 4 members (excludes halogenated alkanes) is 40. The van der Waals surface area contributed by atoms with Gasteiger partial charge in [-0.2, -0.15) is 0 Å². The van der Waals surface area contributed by atoms with Crippen molar-refractivity contribution >= 4 is 17.9 Å². The number of ether oxygens (including phenoxy) is 3. The number of allylic oxidation sites excluding steroid dienone is 10. The Bertz CT molecular complexity index is 1360.